The number of nitrogen functional groups attached to an aromatic ring is 1. The summed E-state index contributed by atoms with van der Waals surface area (Å²) in [5.74, 6) is -0.782. The summed E-state index contributed by atoms with van der Waals surface area (Å²) in [6.07, 6.45) is 0. The smallest absolute Gasteiger partial charge is 0.350 e. The molecule has 6 heteroatoms. The molecule has 0 amide bonds. The maximum atomic E-state index is 13.3. The molecule has 2 aromatic rings. The number of rotatable bonds is 3. The maximum absolute atomic E-state index is 13.3. The van der Waals surface area contributed by atoms with Gasteiger partial charge in [-0.25, -0.2) is 9.18 Å². The van der Waals surface area contributed by atoms with E-state index in [0.717, 1.165) is 10.4 Å². The highest BCUT2D eigenvalue weighted by molar-refractivity contribution is 7.18. The molecule has 0 radical (unpaired) electrons. The van der Waals surface area contributed by atoms with E-state index in [1.165, 1.54) is 31.6 Å². The minimum atomic E-state index is -0.483. The van der Waals surface area contributed by atoms with Crippen molar-refractivity contribution in [1.82, 2.24) is 0 Å². The highest BCUT2D eigenvalue weighted by Crippen LogP contribution is 2.35. The van der Waals surface area contributed by atoms with E-state index in [2.05, 4.69) is 4.74 Å². The van der Waals surface area contributed by atoms with Crippen LogP contribution in [0.15, 0.2) is 24.3 Å². The van der Waals surface area contributed by atoms with Gasteiger partial charge in [-0.05, 0) is 23.8 Å². The lowest BCUT2D eigenvalue weighted by atomic mass is 10.1. The van der Waals surface area contributed by atoms with E-state index in [0.29, 0.717) is 10.6 Å². The van der Waals surface area contributed by atoms with E-state index in [9.17, 15) is 9.18 Å². The molecule has 4 nitrogen and oxygen atoms in total. The lowest BCUT2D eigenvalue weighted by Gasteiger charge is -2.03. The normalized spacial score (nSPS) is 10.3. The Hall–Kier alpha value is -2.08. The van der Waals surface area contributed by atoms with Crippen LogP contribution in [0.25, 0.3) is 10.4 Å². The zero-order valence-corrected chi connectivity index (χ0v) is 11.2. The molecule has 1 heterocycles. The molecule has 100 valence electrons. The number of carbonyl (C=O) groups excluding carboxylic acids is 1. The Morgan fingerprint density at radius 3 is 2.68 bits per heavy atom. The quantitative estimate of drug-likeness (QED) is 0.879. The molecule has 1 aromatic carbocycles. The van der Waals surface area contributed by atoms with Crippen LogP contribution >= 0.6 is 11.3 Å². The lowest BCUT2D eigenvalue weighted by Crippen LogP contribution is -2.00. The van der Waals surface area contributed by atoms with Crippen molar-refractivity contribution in [2.75, 3.05) is 20.0 Å². The van der Waals surface area contributed by atoms with Gasteiger partial charge in [-0.2, -0.15) is 0 Å². The number of methoxy groups -OCH3 is 2. The first-order valence-electron chi connectivity index (χ1n) is 5.38. The fourth-order valence-electron chi connectivity index (χ4n) is 1.61. The van der Waals surface area contributed by atoms with Crippen molar-refractivity contribution in [2.45, 2.75) is 0 Å². The Morgan fingerprint density at radius 1 is 1.32 bits per heavy atom. The number of benzene rings is 1. The second-order valence-electron chi connectivity index (χ2n) is 3.74. The van der Waals surface area contributed by atoms with Gasteiger partial charge in [0.05, 0.1) is 19.9 Å². The highest BCUT2D eigenvalue weighted by Gasteiger charge is 2.16. The molecule has 0 fully saturated rings. The third-order valence-corrected chi connectivity index (χ3v) is 3.75. The molecule has 0 aliphatic rings. The Kier molecular flexibility index (Phi) is 3.71. The van der Waals surface area contributed by atoms with Crippen molar-refractivity contribution in [3.63, 3.8) is 0 Å². The summed E-state index contributed by atoms with van der Waals surface area (Å²) in [5, 5.41) is 0. The van der Waals surface area contributed by atoms with Crippen LogP contribution in [0.5, 0.6) is 5.75 Å². The number of carbonyl (C=O) groups is 1. The number of ether oxygens (including phenoxy) is 2. The van der Waals surface area contributed by atoms with Crippen molar-refractivity contribution in [3.8, 4) is 16.2 Å². The average Bonchev–Trinajstić information content (AvgIpc) is 2.80. The minimum Gasteiger partial charge on any atom is -0.494 e. The molecule has 0 saturated carbocycles. The first-order chi connectivity index (χ1) is 9.06. The van der Waals surface area contributed by atoms with Crippen LogP contribution in [0.3, 0.4) is 0 Å². The third kappa shape index (κ3) is 2.53. The Labute approximate surface area is 113 Å². The molecule has 1 aromatic heterocycles. The number of halogens is 1. The molecule has 0 spiro atoms. The molecular formula is C13H12FNO3S. The Morgan fingerprint density at radius 2 is 2.05 bits per heavy atom. The highest BCUT2D eigenvalue weighted by atomic mass is 32.1. The molecular weight excluding hydrogens is 269 g/mol. The van der Waals surface area contributed by atoms with E-state index in [1.54, 1.807) is 18.2 Å². The van der Waals surface area contributed by atoms with Gasteiger partial charge in [-0.3, -0.25) is 0 Å². The summed E-state index contributed by atoms with van der Waals surface area (Å²) in [5.41, 5.74) is 6.83. The standard InChI is InChI=1S/C13H12FNO3S/c1-17-10-5-7(3-4-8(10)14)11-6-9(15)12(19-11)13(16)18-2/h3-6H,15H2,1-2H3. The van der Waals surface area contributed by atoms with Crippen molar-refractivity contribution in [2.24, 2.45) is 0 Å². The molecule has 2 rings (SSSR count). The van der Waals surface area contributed by atoms with Crippen LogP contribution in [-0.4, -0.2) is 20.2 Å². The van der Waals surface area contributed by atoms with Crippen LogP contribution in [-0.2, 0) is 4.74 Å². The predicted octanol–water partition coefficient (Wildman–Crippen LogP) is 2.93. The van der Waals surface area contributed by atoms with Gasteiger partial charge in [0.25, 0.3) is 0 Å². The largest absolute Gasteiger partial charge is 0.494 e. The predicted molar refractivity (Wildman–Crippen MR) is 72.0 cm³/mol. The summed E-state index contributed by atoms with van der Waals surface area (Å²) in [4.78, 5) is 12.6. The summed E-state index contributed by atoms with van der Waals surface area (Å²) >= 11 is 1.19. The first-order valence-corrected chi connectivity index (χ1v) is 6.20. The second kappa shape index (κ2) is 5.27. The molecule has 0 aliphatic carbocycles. The van der Waals surface area contributed by atoms with Gasteiger partial charge in [-0.1, -0.05) is 6.07 Å². The van der Waals surface area contributed by atoms with E-state index >= 15 is 0 Å². The SMILES string of the molecule is COC(=O)c1sc(-c2ccc(F)c(OC)c2)cc1N. The van der Waals surface area contributed by atoms with Gasteiger partial charge in [-0.15, -0.1) is 11.3 Å². The van der Waals surface area contributed by atoms with E-state index < -0.39 is 11.8 Å². The van der Waals surface area contributed by atoms with Crippen molar-refractivity contribution >= 4 is 23.0 Å². The van der Waals surface area contributed by atoms with E-state index in [-0.39, 0.29) is 5.75 Å². The topological polar surface area (TPSA) is 61.5 Å². The zero-order valence-electron chi connectivity index (χ0n) is 10.4. The van der Waals surface area contributed by atoms with Crippen LogP contribution in [0.1, 0.15) is 9.67 Å². The maximum Gasteiger partial charge on any atom is 0.350 e. The first kappa shape index (κ1) is 13.4. The summed E-state index contributed by atoms with van der Waals surface area (Å²) < 4.78 is 22.9. The van der Waals surface area contributed by atoms with Gasteiger partial charge in [0.15, 0.2) is 11.6 Å². The van der Waals surface area contributed by atoms with E-state index in [4.69, 9.17) is 10.5 Å². The fourth-order valence-corrected chi connectivity index (χ4v) is 2.61. The summed E-state index contributed by atoms with van der Waals surface area (Å²) in [6.45, 7) is 0. The Balaban J connectivity index is 2.45. The van der Waals surface area contributed by atoms with Crippen molar-refractivity contribution in [1.29, 1.82) is 0 Å². The molecule has 0 atom stereocenters. The second-order valence-corrected chi connectivity index (χ2v) is 4.79. The summed E-state index contributed by atoms with van der Waals surface area (Å²) in [6, 6.07) is 6.12. The monoisotopic (exact) mass is 281 g/mol. The number of hydrogen-bond donors (Lipinski definition) is 1. The average molecular weight is 281 g/mol. The number of thiophene rings is 1. The third-order valence-electron chi connectivity index (χ3n) is 2.57. The fraction of sp³-hybridized carbons (Fsp3) is 0.154. The van der Waals surface area contributed by atoms with Gasteiger partial charge in [0, 0.05) is 4.88 Å². The number of esters is 1. The summed E-state index contributed by atoms with van der Waals surface area (Å²) in [7, 11) is 2.69. The van der Waals surface area contributed by atoms with Gasteiger partial charge in [0.2, 0.25) is 0 Å². The van der Waals surface area contributed by atoms with Crippen LogP contribution in [0.4, 0.5) is 10.1 Å². The van der Waals surface area contributed by atoms with Gasteiger partial charge >= 0.3 is 5.97 Å². The number of nitrogens with two attached hydrogens (primary N) is 1. The molecule has 0 bridgehead atoms. The number of hydrogen-bond acceptors (Lipinski definition) is 5. The van der Waals surface area contributed by atoms with Gasteiger partial charge in [0.1, 0.15) is 4.88 Å². The van der Waals surface area contributed by atoms with Crippen LogP contribution in [0, 0.1) is 5.82 Å². The minimum absolute atomic E-state index is 0.143. The van der Waals surface area contributed by atoms with Crippen molar-refractivity contribution in [3.05, 3.63) is 35.0 Å². The zero-order chi connectivity index (χ0) is 14.0. The molecule has 0 saturated heterocycles. The molecule has 19 heavy (non-hydrogen) atoms. The van der Waals surface area contributed by atoms with Crippen LogP contribution in [0.2, 0.25) is 0 Å². The lowest BCUT2D eigenvalue weighted by molar-refractivity contribution is 0.0607. The Bertz CT molecular complexity index is 624. The van der Waals surface area contributed by atoms with Crippen molar-refractivity contribution < 1.29 is 18.7 Å². The van der Waals surface area contributed by atoms with Crippen LogP contribution < -0.4 is 10.5 Å². The number of anilines is 1. The molecule has 0 unspecified atom stereocenters. The molecule has 0 aliphatic heterocycles. The van der Waals surface area contributed by atoms with E-state index in [1.807, 2.05) is 0 Å². The molecule has 2 N–H and O–H groups in total. The van der Waals surface area contributed by atoms with Gasteiger partial charge < -0.3 is 15.2 Å².